The number of ether oxygens (including phenoxy) is 1. The van der Waals surface area contributed by atoms with Gasteiger partial charge in [-0.2, -0.15) is 0 Å². The molecular weight excluding hydrogens is 140 g/mol. The predicted octanol–water partition coefficient (Wildman–Crippen LogP) is 2.30. The zero-order valence-electron chi connectivity index (χ0n) is 7.30. The van der Waals surface area contributed by atoms with Gasteiger partial charge in [-0.1, -0.05) is 25.5 Å². The normalized spacial score (nSPS) is 10.4. The minimum Gasteiger partial charge on any atom is -0.469 e. The average Bonchev–Trinajstić information content (AvgIpc) is 2.04. The molecule has 0 aliphatic heterocycles. The number of rotatable bonds is 5. The number of carbonyl (C=O) groups excluding carboxylic acids is 1. The molecule has 11 heavy (non-hydrogen) atoms. The molecule has 0 heterocycles. The number of carbonyl (C=O) groups is 1. The van der Waals surface area contributed by atoms with Gasteiger partial charge in [-0.25, -0.2) is 0 Å². The molecule has 0 amide bonds. The SMILES string of the molecule is CCCC=CCCC(=O)OC. The van der Waals surface area contributed by atoms with Crippen molar-refractivity contribution in [2.45, 2.75) is 32.6 Å². The molecule has 64 valence electrons. The van der Waals surface area contributed by atoms with Crippen LogP contribution in [0.25, 0.3) is 0 Å². The molecule has 2 heteroatoms. The standard InChI is InChI=1S/C9H16O2/c1-3-4-5-6-7-8-9(10)11-2/h5-6H,3-4,7-8H2,1-2H3. The molecule has 0 saturated heterocycles. The average molecular weight is 156 g/mol. The topological polar surface area (TPSA) is 26.3 Å². The van der Waals surface area contributed by atoms with E-state index in [1.54, 1.807) is 0 Å². The van der Waals surface area contributed by atoms with Gasteiger partial charge in [-0.15, -0.1) is 0 Å². The van der Waals surface area contributed by atoms with Crippen LogP contribution in [0.4, 0.5) is 0 Å². The summed E-state index contributed by atoms with van der Waals surface area (Å²) < 4.78 is 4.48. The van der Waals surface area contributed by atoms with Gasteiger partial charge in [-0.05, 0) is 12.8 Å². The fourth-order valence-electron chi connectivity index (χ4n) is 0.706. The first-order chi connectivity index (χ1) is 5.31. The van der Waals surface area contributed by atoms with Crippen molar-refractivity contribution in [3.63, 3.8) is 0 Å². The molecule has 0 bridgehead atoms. The zero-order chi connectivity index (χ0) is 8.53. The van der Waals surface area contributed by atoms with E-state index in [0.29, 0.717) is 6.42 Å². The van der Waals surface area contributed by atoms with Crippen LogP contribution in [0.2, 0.25) is 0 Å². The lowest BCUT2D eigenvalue weighted by Gasteiger charge is -1.93. The Kier molecular flexibility index (Phi) is 6.79. The molecule has 0 rings (SSSR count). The Morgan fingerprint density at radius 1 is 1.36 bits per heavy atom. The highest BCUT2D eigenvalue weighted by molar-refractivity contribution is 5.69. The second-order valence-corrected chi connectivity index (χ2v) is 2.37. The number of esters is 1. The maximum Gasteiger partial charge on any atom is 0.305 e. The molecule has 0 fully saturated rings. The van der Waals surface area contributed by atoms with Crippen LogP contribution in [-0.2, 0) is 9.53 Å². The van der Waals surface area contributed by atoms with E-state index < -0.39 is 0 Å². The predicted molar refractivity (Wildman–Crippen MR) is 45.3 cm³/mol. The summed E-state index contributed by atoms with van der Waals surface area (Å²) in [6.07, 6.45) is 7.68. The van der Waals surface area contributed by atoms with E-state index in [4.69, 9.17) is 0 Å². The molecule has 0 spiro atoms. The van der Waals surface area contributed by atoms with E-state index in [1.807, 2.05) is 6.08 Å². The summed E-state index contributed by atoms with van der Waals surface area (Å²) >= 11 is 0. The van der Waals surface area contributed by atoms with Gasteiger partial charge in [0, 0.05) is 6.42 Å². The largest absolute Gasteiger partial charge is 0.469 e. The summed E-state index contributed by atoms with van der Waals surface area (Å²) in [5, 5.41) is 0. The highest BCUT2D eigenvalue weighted by Gasteiger charge is 1.94. The Balaban J connectivity index is 3.19. The molecule has 0 radical (unpaired) electrons. The second-order valence-electron chi connectivity index (χ2n) is 2.37. The lowest BCUT2D eigenvalue weighted by molar-refractivity contribution is -0.140. The molecule has 0 aliphatic carbocycles. The highest BCUT2D eigenvalue weighted by atomic mass is 16.5. The fraction of sp³-hybridized carbons (Fsp3) is 0.667. The maximum atomic E-state index is 10.6. The van der Waals surface area contributed by atoms with Gasteiger partial charge >= 0.3 is 5.97 Å². The lowest BCUT2D eigenvalue weighted by atomic mass is 10.2. The van der Waals surface area contributed by atoms with Gasteiger partial charge < -0.3 is 4.74 Å². The number of unbranched alkanes of at least 4 members (excludes halogenated alkanes) is 1. The highest BCUT2D eigenvalue weighted by Crippen LogP contribution is 1.95. The Hall–Kier alpha value is -0.790. The quantitative estimate of drug-likeness (QED) is 0.451. The Morgan fingerprint density at radius 2 is 2.00 bits per heavy atom. The van der Waals surface area contributed by atoms with Gasteiger partial charge in [0.25, 0.3) is 0 Å². The van der Waals surface area contributed by atoms with Crippen LogP contribution in [0.15, 0.2) is 12.2 Å². The van der Waals surface area contributed by atoms with E-state index in [2.05, 4.69) is 17.7 Å². The summed E-state index contributed by atoms with van der Waals surface area (Å²) in [7, 11) is 1.41. The number of hydrogen-bond acceptors (Lipinski definition) is 2. The molecule has 0 N–H and O–H groups in total. The van der Waals surface area contributed by atoms with E-state index in [1.165, 1.54) is 7.11 Å². The van der Waals surface area contributed by atoms with Gasteiger partial charge in [-0.3, -0.25) is 4.79 Å². The van der Waals surface area contributed by atoms with Crippen molar-refractivity contribution in [3.8, 4) is 0 Å². The second kappa shape index (κ2) is 7.32. The van der Waals surface area contributed by atoms with Gasteiger partial charge in [0.2, 0.25) is 0 Å². The van der Waals surface area contributed by atoms with E-state index in [-0.39, 0.29) is 5.97 Å². The molecule has 0 aliphatic rings. The fourth-order valence-corrected chi connectivity index (χ4v) is 0.706. The third-order valence-corrected chi connectivity index (χ3v) is 1.36. The minimum atomic E-state index is -0.133. The van der Waals surface area contributed by atoms with Crippen molar-refractivity contribution in [1.29, 1.82) is 0 Å². The van der Waals surface area contributed by atoms with Crippen molar-refractivity contribution in [1.82, 2.24) is 0 Å². The third-order valence-electron chi connectivity index (χ3n) is 1.36. The van der Waals surface area contributed by atoms with Crippen LogP contribution in [-0.4, -0.2) is 13.1 Å². The first-order valence-electron chi connectivity index (χ1n) is 4.03. The van der Waals surface area contributed by atoms with Crippen molar-refractivity contribution >= 4 is 5.97 Å². The van der Waals surface area contributed by atoms with Crippen molar-refractivity contribution in [3.05, 3.63) is 12.2 Å². The Morgan fingerprint density at radius 3 is 2.55 bits per heavy atom. The summed E-state index contributed by atoms with van der Waals surface area (Å²) in [6, 6.07) is 0. The molecule has 2 nitrogen and oxygen atoms in total. The smallest absolute Gasteiger partial charge is 0.305 e. The summed E-state index contributed by atoms with van der Waals surface area (Å²) in [5.41, 5.74) is 0. The van der Waals surface area contributed by atoms with Crippen molar-refractivity contribution < 1.29 is 9.53 Å². The van der Waals surface area contributed by atoms with Crippen LogP contribution in [0.3, 0.4) is 0 Å². The molecule has 0 atom stereocenters. The summed E-state index contributed by atoms with van der Waals surface area (Å²) in [6.45, 7) is 2.13. The van der Waals surface area contributed by atoms with Gasteiger partial charge in [0.05, 0.1) is 7.11 Å². The van der Waals surface area contributed by atoms with Crippen LogP contribution < -0.4 is 0 Å². The van der Waals surface area contributed by atoms with E-state index in [9.17, 15) is 4.79 Å². The van der Waals surface area contributed by atoms with Crippen molar-refractivity contribution in [2.75, 3.05) is 7.11 Å². The van der Waals surface area contributed by atoms with Crippen LogP contribution in [0, 0.1) is 0 Å². The van der Waals surface area contributed by atoms with Crippen LogP contribution in [0.1, 0.15) is 32.6 Å². The molecule has 0 aromatic carbocycles. The Labute approximate surface area is 68.2 Å². The molecule has 0 aromatic rings. The van der Waals surface area contributed by atoms with Gasteiger partial charge in [0.1, 0.15) is 0 Å². The van der Waals surface area contributed by atoms with Crippen LogP contribution >= 0.6 is 0 Å². The number of methoxy groups -OCH3 is 1. The zero-order valence-corrected chi connectivity index (χ0v) is 7.30. The summed E-state index contributed by atoms with van der Waals surface area (Å²) in [5.74, 6) is -0.133. The molecular formula is C9H16O2. The third kappa shape index (κ3) is 7.10. The van der Waals surface area contributed by atoms with Crippen molar-refractivity contribution in [2.24, 2.45) is 0 Å². The minimum absolute atomic E-state index is 0.133. The number of allylic oxidation sites excluding steroid dienone is 2. The molecule has 0 unspecified atom stereocenters. The maximum absolute atomic E-state index is 10.6. The molecule has 0 aromatic heterocycles. The van der Waals surface area contributed by atoms with Gasteiger partial charge in [0.15, 0.2) is 0 Å². The first-order valence-corrected chi connectivity index (χ1v) is 4.03. The monoisotopic (exact) mass is 156 g/mol. The lowest BCUT2D eigenvalue weighted by Crippen LogP contribution is -1.97. The van der Waals surface area contributed by atoms with Crippen LogP contribution in [0.5, 0.6) is 0 Å². The van der Waals surface area contributed by atoms with E-state index in [0.717, 1.165) is 19.3 Å². The number of hydrogen-bond donors (Lipinski definition) is 0. The summed E-state index contributed by atoms with van der Waals surface area (Å²) in [4.78, 5) is 10.6. The Bertz CT molecular complexity index is 128. The molecule has 0 saturated carbocycles. The first kappa shape index (κ1) is 10.2. The van der Waals surface area contributed by atoms with E-state index >= 15 is 0 Å².